The number of rotatable bonds is 8. The molecule has 0 saturated carbocycles. The van der Waals surface area contributed by atoms with Gasteiger partial charge >= 0.3 is 6.09 Å². The van der Waals surface area contributed by atoms with Crippen molar-refractivity contribution in [2.24, 2.45) is 5.73 Å². The van der Waals surface area contributed by atoms with Crippen LogP contribution in [-0.2, 0) is 14.8 Å². The van der Waals surface area contributed by atoms with Gasteiger partial charge in [-0.1, -0.05) is 12.8 Å². The molecule has 0 radical (unpaired) electrons. The minimum Gasteiger partial charge on any atom is -0.444 e. The quantitative estimate of drug-likeness (QED) is 0.641. The summed E-state index contributed by atoms with van der Waals surface area (Å²) >= 11 is 0. The Hall–Kier alpha value is -0.860. The third kappa shape index (κ3) is 8.30. The zero-order chi connectivity index (χ0) is 18.2. The standard InChI is InChI=1S/C16H33N3O4S/c1-16(2,3)23-15(20)18-14-8-11-19(12-9-14)24(21,22)13-7-5-4-6-10-17/h14H,4-13,17H2,1-3H3,(H,18,20). The third-order valence-electron chi connectivity index (χ3n) is 3.92. The highest BCUT2D eigenvalue weighted by molar-refractivity contribution is 7.89. The molecule has 0 bridgehead atoms. The predicted molar refractivity (Wildman–Crippen MR) is 95.3 cm³/mol. The Bertz CT molecular complexity index is 480. The highest BCUT2D eigenvalue weighted by Gasteiger charge is 2.29. The van der Waals surface area contributed by atoms with E-state index in [0.29, 0.717) is 38.9 Å². The Morgan fingerprint density at radius 1 is 1.17 bits per heavy atom. The van der Waals surface area contributed by atoms with Crippen molar-refractivity contribution in [3.05, 3.63) is 0 Å². The number of piperidine rings is 1. The summed E-state index contributed by atoms with van der Waals surface area (Å²) in [6.45, 7) is 7.00. The molecular formula is C16H33N3O4S. The van der Waals surface area contributed by atoms with Crippen molar-refractivity contribution in [2.45, 2.75) is 70.9 Å². The molecule has 1 fully saturated rings. The molecule has 1 aliphatic heterocycles. The molecule has 1 saturated heterocycles. The molecule has 0 spiro atoms. The first-order valence-electron chi connectivity index (χ1n) is 8.81. The second-order valence-corrected chi connectivity index (χ2v) is 9.43. The molecule has 3 N–H and O–H groups in total. The van der Waals surface area contributed by atoms with Crippen LogP contribution in [0, 0.1) is 0 Å². The zero-order valence-corrected chi connectivity index (χ0v) is 16.0. The zero-order valence-electron chi connectivity index (χ0n) is 15.2. The van der Waals surface area contributed by atoms with Crippen LogP contribution in [0.5, 0.6) is 0 Å². The number of hydrogen-bond acceptors (Lipinski definition) is 5. The van der Waals surface area contributed by atoms with Crippen LogP contribution in [0.15, 0.2) is 0 Å². The van der Waals surface area contributed by atoms with E-state index >= 15 is 0 Å². The maximum atomic E-state index is 12.3. The predicted octanol–water partition coefficient (Wildman–Crippen LogP) is 1.82. The Morgan fingerprint density at radius 2 is 1.75 bits per heavy atom. The molecule has 0 aromatic carbocycles. The van der Waals surface area contributed by atoms with Crippen LogP contribution in [0.1, 0.15) is 59.3 Å². The van der Waals surface area contributed by atoms with Crippen LogP contribution in [0.3, 0.4) is 0 Å². The number of carbonyl (C=O) groups is 1. The van der Waals surface area contributed by atoms with Crippen molar-refractivity contribution < 1.29 is 17.9 Å². The number of nitrogens with one attached hydrogen (secondary N) is 1. The molecule has 1 aliphatic rings. The molecule has 8 heteroatoms. The van der Waals surface area contributed by atoms with Crippen molar-refractivity contribution in [2.75, 3.05) is 25.4 Å². The second kappa shape index (κ2) is 9.58. The van der Waals surface area contributed by atoms with Gasteiger partial charge in [0.1, 0.15) is 5.60 Å². The fraction of sp³-hybridized carbons (Fsp3) is 0.938. The summed E-state index contributed by atoms with van der Waals surface area (Å²) in [5.74, 6) is 0.196. The summed E-state index contributed by atoms with van der Waals surface area (Å²) in [6, 6.07) is -0.0316. The lowest BCUT2D eigenvalue weighted by atomic mass is 10.1. The maximum Gasteiger partial charge on any atom is 0.407 e. The van der Waals surface area contributed by atoms with Gasteiger partial charge in [-0.25, -0.2) is 17.5 Å². The second-order valence-electron chi connectivity index (χ2n) is 7.34. The summed E-state index contributed by atoms with van der Waals surface area (Å²) in [7, 11) is -3.19. The van der Waals surface area contributed by atoms with Crippen LogP contribution in [0.2, 0.25) is 0 Å². The summed E-state index contributed by atoms with van der Waals surface area (Å²) in [6.07, 6.45) is 4.29. The molecule has 142 valence electrons. The van der Waals surface area contributed by atoms with Gasteiger partial charge in [-0.15, -0.1) is 0 Å². The number of sulfonamides is 1. The van der Waals surface area contributed by atoms with E-state index in [-0.39, 0.29) is 11.8 Å². The van der Waals surface area contributed by atoms with Crippen LogP contribution in [0.4, 0.5) is 4.79 Å². The van der Waals surface area contributed by atoms with E-state index in [4.69, 9.17) is 10.5 Å². The van der Waals surface area contributed by atoms with Gasteiger partial charge in [-0.05, 0) is 53.0 Å². The summed E-state index contributed by atoms with van der Waals surface area (Å²) in [5.41, 5.74) is 4.90. The van der Waals surface area contributed by atoms with Gasteiger partial charge < -0.3 is 15.8 Å². The van der Waals surface area contributed by atoms with E-state index in [1.807, 2.05) is 20.8 Å². The summed E-state index contributed by atoms with van der Waals surface area (Å²) in [4.78, 5) is 11.8. The van der Waals surface area contributed by atoms with E-state index in [2.05, 4.69) is 5.32 Å². The number of unbranched alkanes of at least 4 members (excludes halogenated alkanes) is 3. The van der Waals surface area contributed by atoms with Gasteiger partial charge in [-0.3, -0.25) is 0 Å². The van der Waals surface area contributed by atoms with E-state index < -0.39 is 21.7 Å². The molecule has 0 atom stereocenters. The summed E-state index contributed by atoms with van der Waals surface area (Å²) < 4.78 is 31.4. The Kier molecular flexibility index (Phi) is 8.45. The fourth-order valence-electron chi connectivity index (χ4n) is 2.66. The normalized spacial score (nSPS) is 17.7. The lowest BCUT2D eigenvalue weighted by molar-refractivity contribution is 0.0489. The molecule has 0 unspecified atom stereocenters. The van der Waals surface area contributed by atoms with Gasteiger partial charge in [0.15, 0.2) is 0 Å². The van der Waals surface area contributed by atoms with E-state index in [0.717, 1.165) is 19.3 Å². The Labute approximate surface area is 146 Å². The van der Waals surface area contributed by atoms with E-state index in [9.17, 15) is 13.2 Å². The Morgan fingerprint density at radius 3 is 2.29 bits per heavy atom. The number of ether oxygens (including phenoxy) is 1. The number of carbonyl (C=O) groups excluding carboxylic acids is 1. The molecule has 7 nitrogen and oxygen atoms in total. The van der Waals surface area contributed by atoms with Crippen molar-refractivity contribution in [1.29, 1.82) is 0 Å². The third-order valence-corrected chi connectivity index (χ3v) is 5.88. The van der Waals surface area contributed by atoms with Gasteiger partial charge in [0.2, 0.25) is 10.0 Å². The van der Waals surface area contributed by atoms with Crippen LogP contribution in [0.25, 0.3) is 0 Å². The highest BCUT2D eigenvalue weighted by atomic mass is 32.2. The number of nitrogens with zero attached hydrogens (tertiary/aromatic N) is 1. The largest absolute Gasteiger partial charge is 0.444 e. The van der Waals surface area contributed by atoms with Gasteiger partial charge in [0, 0.05) is 19.1 Å². The highest BCUT2D eigenvalue weighted by Crippen LogP contribution is 2.17. The first-order chi connectivity index (χ1) is 11.1. The maximum absolute atomic E-state index is 12.3. The SMILES string of the molecule is CC(C)(C)OC(=O)NC1CCN(S(=O)(=O)CCCCCCN)CC1. The molecule has 0 aliphatic carbocycles. The number of alkyl carbamates (subject to hydrolysis) is 1. The van der Waals surface area contributed by atoms with E-state index in [1.54, 1.807) is 4.31 Å². The van der Waals surface area contributed by atoms with Crippen LogP contribution < -0.4 is 11.1 Å². The molecule has 1 amide bonds. The summed E-state index contributed by atoms with van der Waals surface area (Å²) in [5, 5.41) is 2.82. The molecule has 0 aromatic rings. The average molecular weight is 364 g/mol. The average Bonchev–Trinajstić information content (AvgIpc) is 2.45. The van der Waals surface area contributed by atoms with Crippen molar-refractivity contribution in [3.63, 3.8) is 0 Å². The minimum absolute atomic E-state index is 0.0316. The van der Waals surface area contributed by atoms with Gasteiger partial charge in [0.25, 0.3) is 0 Å². The first-order valence-corrected chi connectivity index (χ1v) is 10.4. The van der Waals surface area contributed by atoms with Crippen molar-refractivity contribution in [3.8, 4) is 0 Å². The van der Waals surface area contributed by atoms with Gasteiger partial charge in [0.05, 0.1) is 5.75 Å². The van der Waals surface area contributed by atoms with E-state index in [1.165, 1.54) is 0 Å². The molecule has 1 rings (SSSR count). The smallest absolute Gasteiger partial charge is 0.407 e. The minimum atomic E-state index is -3.19. The topological polar surface area (TPSA) is 102 Å². The number of hydrogen-bond donors (Lipinski definition) is 2. The number of nitrogens with two attached hydrogens (primary N) is 1. The van der Waals surface area contributed by atoms with Crippen molar-refractivity contribution >= 4 is 16.1 Å². The first kappa shape index (κ1) is 21.2. The van der Waals surface area contributed by atoms with Crippen LogP contribution >= 0.6 is 0 Å². The fourth-order valence-corrected chi connectivity index (χ4v) is 4.26. The Balaban J connectivity index is 2.32. The lowest BCUT2D eigenvalue weighted by Gasteiger charge is -2.32. The van der Waals surface area contributed by atoms with Crippen molar-refractivity contribution in [1.82, 2.24) is 9.62 Å². The number of amides is 1. The lowest BCUT2D eigenvalue weighted by Crippen LogP contribution is -2.48. The molecular weight excluding hydrogens is 330 g/mol. The molecule has 1 heterocycles. The molecule has 24 heavy (non-hydrogen) atoms. The monoisotopic (exact) mass is 363 g/mol. The molecule has 0 aromatic heterocycles. The van der Waals surface area contributed by atoms with Gasteiger partial charge in [-0.2, -0.15) is 0 Å². The van der Waals surface area contributed by atoms with Crippen LogP contribution in [-0.4, -0.2) is 55.8 Å².